The number of hydrogen-bond acceptors (Lipinski definition) is 5. The number of hydrogen-bond donors (Lipinski definition) is 0. The maximum atomic E-state index is 13.3. The van der Waals surface area contributed by atoms with E-state index < -0.39 is 0 Å². The van der Waals surface area contributed by atoms with Gasteiger partial charge in [0, 0.05) is 22.2 Å². The third kappa shape index (κ3) is 3.75. The summed E-state index contributed by atoms with van der Waals surface area (Å²) >= 11 is 1.62. The Morgan fingerprint density at radius 3 is 2.70 bits per heavy atom. The maximum Gasteiger partial charge on any atom is 0.258 e. The van der Waals surface area contributed by atoms with E-state index in [1.165, 1.54) is 0 Å². The Hall–Kier alpha value is -2.99. The molecule has 1 amide bonds. The highest BCUT2D eigenvalue weighted by molar-refractivity contribution is 7.09. The largest absolute Gasteiger partial charge is 0.497 e. The van der Waals surface area contributed by atoms with E-state index in [2.05, 4.69) is 0 Å². The predicted molar refractivity (Wildman–Crippen MR) is 105 cm³/mol. The zero-order valence-electron chi connectivity index (χ0n) is 14.9. The number of ether oxygens (including phenoxy) is 3. The molecular weight excluding hydrogens is 362 g/mol. The standard InChI is InChI=1S/C21H19NO4S/c1-24-17-5-2-4-15(12-17)21(23)22(14-18-6-3-11-27-18)16-7-8-19-20(13-16)26-10-9-25-19/h2-8,11-13H,9-10,14H2,1H3. The van der Waals surface area contributed by atoms with Crippen LogP contribution in [0.3, 0.4) is 0 Å². The molecule has 1 aromatic heterocycles. The molecule has 0 spiro atoms. The summed E-state index contributed by atoms with van der Waals surface area (Å²) in [5.74, 6) is 1.92. The molecule has 6 heteroatoms. The number of benzene rings is 2. The van der Waals surface area contributed by atoms with E-state index in [1.807, 2.05) is 47.8 Å². The first-order valence-corrected chi connectivity index (χ1v) is 9.50. The van der Waals surface area contributed by atoms with Gasteiger partial charge in [0.05, 0.1) is 13.7 Å². The van der Waals surface area contributed by atoms with Crippen LogP contribution in [-0.4, -0.2) is 26.2 Å². The summed E-state index contributed by atoms with van der Waals surface area (Å²) < 4.78 is 16.6. The van der Waals surface area contributed by atoms with E-state index in [-0.39, 0.29) is 5.91 Å². The normalized spacial score (nSPS) is 12.5. The minimum atomic E-state index is -0.0982. The van der Waals surface area contributed by atoms with Crippen molar-refractivity contribution in [1.29, 1.82) is 0 Å². The highest BCUT2D eigenvalue weighted by Gasteiger charge is 2.22. The Bertz CT molecular complexity index is 939. The number of thiophene rings is 1. The number of amides is 1. The van der Waals surface area contributed by atoms with E-state index in [9.17, 15) is 4.79 Å². The molecule has 5 nitrogen and oxygen atoms in total. The van der Waals surface area contributed by atoms with Crippen molar-refractivity contribution in [2.24, 2.45) is 0 Å². The highest BCUT2D eigenvalue weighted by atomic mass is 32.1. The molecule has 4 rings (SSSR count). The Morgan fingerprint density at radius 1 is 1.07 bits per heavy atom. The number of fused-ring (bicyclic) bond motifs is 1. The second-order valence-electron chi connectivity index (χ2n) is 6.03. The van der Waals surface area contributed by atoms with Crippen molar-refractivity contribution in [1.82, 2.24) is 0 Å². The van der Waals surface area contributed by atoms with Gasteiger partial charge in [-0.15, -0.1) is 11.3 Å². The molecule has 3 aromatic rings. The fourth-order valence-corrected chi connectivity index (χ4v) is 3.64. The first-order chi connectivity index (χ1) is 13.2. The summed E-state index contributed by atoms with van der Waals surface area (Å²) in [6.45, 7) is 1.52. The smallest absolute Gasteiger partial charge is 0.258 e. The number of anilines is 1. The van der Waals surface area contributed by atoms with E-state index in [1.54, 1.807) is 35.5 Å². The molecule has 0 fully saturated rings. The molecule has 0 saturated heterocycles. The average Bonchev–Trinajstić information content (AvgIpc) is 3.24. The lowest BCUT2D eigenvalue weighted by Gasteiger charge is -2.25. The average molecular weight is 381 g/mol. The van der Waals surface area contributed by atoms with Gasteiger partial charge in [-0.3, -0.25) is 4.79 Å². The number of carbonyl (C=O) groups excluding carboxylic acids is 1. The summed E-state index contributed by atoms with van der Waals surface area (Å²) in [5.41, 5.74) is 1.33. The van der Waals surface area contributed by atoms with Crippen molar-refractivity contribution in [3.05, 3.63) is 70.4 Å². The Labute approximate surface area is 161 Å². The zero-order chi connectivity index (χ0) is 18.6. The maximum absolute atomic E-state index is 13.3. The predicted octanol–water partition coefficient (Wildman–Crippen LogP) is 4.37. The van der Waals surface area contributed by atoms with Crippen LogP contribution < -0.4 is 19.1 Å². The fraction of sp³-hybridized carbons (Fsp3) is 0.190. The molecule has 27 heavy (non-hydrogen) atoms. The topological polar surface area (TPSA) is 48.0 Å². The molecule has 0 bridgehead atoms. The summed E-state index contributed by atoms with van der Waals surface area (Å²) in [6.07, 6.45) is 0. The highest BCUT2D eigenvalue weighted by Crippen LogP contribution is 2.35. The Kier molecular flexibility index (Phi) is 4.98. The van der Waals surface area contributed by atoms with Crippen molar-refractivity contribution >= 4 is 22.9 Å². The number of methoxy groups -OCH3 is 1. The second-order valence-corrected chi connectivity index (χ2v) is 7.06. The van der Waals surface area contributed by atoms with Crippen LogP contribution in [0.15, 0.2) is 60.0 Å². The van der Waals surface area contributed by atoms with Crippen LogP contribution in [-0.2, 0) is 6.54 Å². The fourth-order valence-electron chi connectivity index (χ4n) is 2.95. The van der Waals surface area contributed by atoms with Gasteiger partial charge in [-0.25, -0.2) is 0 Å². The molecule has 2 heterocycles. The van der Waals surface area contributed by atoms with Crippen LogP contribution >= 0.6 is 11.3 Å². The quantitative estimate of drug-likeness (QED) is 0.658. The van der Waals surface area contributed by atoms with Gasteiger partial charge < -0.3 is 19.1 Å². The summed E-state index contributed by atoms with van der Waals surface area (Å²) in [4.78, 5) is 16.2. The molecule has 0 radical (unpaired) electrons. The molecule has 2 aromatic carbocycles. The van der Waals surface area contributed by atoms with E-state index in [0.29, 0.717) is 42.6 Å². The van der Waals surface area contributed by atoms with Crippen LogP contribution in [0.2, 0.25) is 0 Å². The van der Waals surface area contributed by atoms with Gasteiger partial charge in [0.2, 0.25) is 0 Å². The summed E-state index contributed by atoms with van der Waals surface area (Å²) in [7, 11) is 1.59. The third-order valence-corrected chi connectivity index (χ3v) is 5.15. The van der Waals surface area contributed by atoms with Gasteiger partial charge in [-0.2, -0.15) is 0 Å². The number of nitrogens with zero attached hydrogens (tertiary/aromatic N) is 1. The number of rotatable bonds is 5. The molecule has 1 aliphatic rings. The lowest BCUT2D eigenvalue weighted by atomic mass is 10.1. The summed E-state index contributed by atoms with van der Waals surface area (Å²) in [6, 6.07) is 16.8. The number of carbonyl (C=O) groups is 1. The molecule has 0 atom stereocenters. The van der Waals surface area contributed by atoms with Crippen LogP contribution in [0.25, 0.3) is 0 Å². The van der Waals surface area contributed by atoms with Crippen LogP contribution in [0.4, 0.5) is 5.69 Å². The van der Waals surface area contributed by atoms with Gasteiger partial charge in [-0.05, 0) is 41.8 Å². The first-order valence-electron chi connectivity index (χ1n) is 8.62. The van der Waals surface area contributed by atoms with Crippen molar-refractivity contribution < 1.29 is 19.0 Å². The Balaban J connectivity index is 1.71. The zero-order valence-corrected chi connectivity index (χ0v) is 15.7. The van der Waals surface area contributed by atoms with Crippen molar-refractivity contribution in [3.8, 4) is 17.2 Å². The van der Waals surface area contributed by atoms with Gasteiger partial charge >= 0.3 is 0 Å². The second kappa shape index (κ2) is 7.72. The van der Waals surface area contributed by atoms with Crippen molar-refractivity contribution in [3.63, 3.8) is 0 Å². The van der Waals surface area contributed by atoms with Crippen LogP contribution in [0.5, 0.6) is 17.2 Å². The Morgan fingerprint density at radius 2 is 1.93 bits per heavy atom. The minimum Gasteiger partial charge on any atom is -0.497 e. The van der Waals surface area contributed by atoms with Crippen LogP contribution in [0, 0.1) is 0 Å². The summed E-state index contributed by atoms with van der Waals surface area (Å²) in [5, 5.41) is 2.01. The molecule has 0 aliphatic carbocycles. The van der Waals surface area contributed by atoms with E-state index in [4.69, 9.17) is 14.2 Å². The SMILES string of the molecule is COc1cccc(C(=O)N(Cc2cccs2)c2ccc3c(c2)OCCO3)c1. The van der Waals surface area contributed by atoms with Gasteiger partial charge in [0.1, 0.15) is 19.0 Å². The van der Waals surface area contributed by atoms with Crippen molar-refractivity contribution in [2.45, 2.75) is 6.54 Å². The molecule has 138 valence electrons. The first kappa shape index (κ1) is 17.4. The van der Waals surface area contributed by atoms with Gasteiger partial charge in [0.25, 0.3) is 5.91 Å². The van der Waals surface area contributed by atoms with Gasteiger partial charge in [0.15, 0.2) is 11.5 Å². The molecule has 0 unspecified atom stereocenters. The molecular formula is C21H19NO4S. The van der Waals surface area contributed by atoms with Crippen molar-refractivity contribution in [2.75, 3.05) is 25.2 Å². The third-order valence-electron chi connectivity index (χ3n) is 4.29. The van der Waals surface area contributed by atoms with Gasteiger partial charge in [-0.1, -0.05) is 12.1 Å². The van der Waals surface area contributed by atoms with E-state index in [0.717, 1.165) is 10.6 Å². The monoisotopic (exact) mass is 381 g/mol. The molecule has 0 saturated carbocycles. The lowest BCUT2D eigenvalue weighted by Crippen LogP contribution is -2.30. The van der Waals surface area contributed by atoms with Crippen LogP contribution in [0.1, 0.15) is 15.2 Å². The molecule has 0 N–H and O–H groups in total. The lowest BCUT2D eigenvalue weighted by molar-refractivity contribution is 0.0985. The minimum absolute atomic E-state index is 0.0982. The molecule has 1 aliphatic heterocycles. The van der Waals surface area contributed by atoms with E-state index >= 15 is 0 Å².